The quantitative estimate of drug-likeness (QED) is 0.709. The molecule has 152 valence electrons. The number of benzene rings is 2. The van der Waals surface area contributed by atoms with Crippen LogP contribution in [0.4, 0.5) is 0 Å². The van der Waals surface area contributed by atoms with E-state index >= 15 is 0 Å². The fourth-order valence-corrected chi connectivity index (χ4v) is 4.95. The average Bonchev–Trinajstić information content (AvgIpc) is 3.26. The summed E-state index contributed by atoms with van der Waals surface area (Å²) in [6, 6.07) is 5.45. The van der Waals surface area contributed by atoms with Gasteiger partial charge in [-0.25, -0.2) is 4.79 Å². The lowest BCUT2D eigenvalue weighted by molar-refractivity contribution is -0.149. The maximum atomic E-state index is 13.1. The van der Waals surface area contributed by atoms with Crippen LogP contribution in [0.3, 0.4) is 0 Å². The molecule has 0 aromatic heterocycles. The SMILES string of the molecule is [2H]c1c([2H])c([2H])c(S[C@H]2C[C@H](C(=O)O)N(C(=O)[C@H](C)CSC(=O)c3ccccc3)C2)c([2H])c1[2H]. The van der Waals surface area contributed by atoms with E-state index in [1.165, 1.54) is 4.90 Å². The number of rotatable bonds is 7. The van der Waals surface area contributed by atoms with Crippen LogP contribution in [-0.2, 0) is 9.59 Å². The zero-order chi connectivity index (χ0) is 25.2. The molecule has 0 aliphatic carbocycles. The summed E-state index contributed by atoms with van der Waals surface area (Å²) in [7, 11) is 0. The lowest BCUT2D eigenvalue weighted by Gasteiger charge is -2.24. The minimum Gasteiger partial charge on any atom is -0.480 e. The van der Waals surface area contributed by atoms with Gasteiger partial charge in [-0.15, -0.1) is 11.8 Å². The number of thioether (sulfide) groups is 2. The Balaban J connectivity index is 1.71. The van der Waals surface area contributed by atoms with Crippen molar-refractivity contribution in [3.8, 4) is 0 Å². The highest BCUT2D eigenvalue weighted by molar-refractivity contribution is 8.14. The predicted molar refractivity (Wildman–Crippen MR) is 116 cm³/mol. The fraction of sp³-hybridized carbons (Fsp3) is 0.318. The molecule has 0 bridgehead atoms. The van der Waals surface area contributed by atoms with Gasteiger partial charge in [0.1, 0.15) is 6.04 Å². The molecule has 3 rings (SSSR count). The van der Waals surface area contributed by atoms with E-state index < -0.39 is 47.2 Å². The molecule has 2 aromatic carbocycles. The average molecular weight is 435 g/mol. The van der Waals surface area contributed by atoms with Crippen molar-refractivity contribution in [3.05, 3.63) is 66.1 Å². The first-order chi connectivity index (χ1) is 16.0. The standard InChI is InChI=1S/C22H23NO4S2/c1-15(14-28-22(27)16-8-4-2-5-9-16)20(24)23-13-18(12-19(23)21(25)26)29-17-10-6-3-7-11-17/h2-11,15,18-19H,12-14H2,1H3,(H,25,26)/t15-,18+,19-/m1/s1/i3D,6D,7D,10D,11D. The second-order valence-electron chi connectivity index (χ2n) is 6.64. The normalized spacial score (nSPS) is 22.1. The Bertz CT molecular complexity index is 1090. The van der Waals surface area contributed by atoms with Crippen molar-refractivity contribution in [1.82, 2.24) is 4.90 Å². The molecule has 1 aliphatic heterocycles. The van der Waals surface area contributed by atoms with E-state index in [0.717, 1.165) is 23.5 Å². The third-order valence-electron chi connectivity index (χ3n) is 4.49. The predicted octanol–water partition coefficient (Wildman–Crippen LogP) is 4.04. The Morgan fingerprint density at radius 3 is 2.55 bits per heavy atom. The molecule has 3 atom stereocenters. The lowest BCUT2D eigenvalue weighted by atomic mass is 10.1. The second-order valence-corrected chi connectivity index (χ2v) is 8.94. The summed E-state index contributed by atoms with van der Waals surface area (Å²) in [5.74, 6) is -1.98. The van der Waals surface area contributed by atoms with E-state index in [9.17, 15) is 19.5 Å². The van der Waals surface area contributed by atoms with Crippen molar-refractivity contribution in [3.63, 3.8) is 0 Å². The summed E-state index contributed by atoms with van der Waals surface area (Å²) < 4.78 is 39.5. The molecule has 1 amide bonds. The van der Waals surface area contributed by atoms with Crippen LogP contribution in [0.15, 0.2) is 65.4 Å². The van der Waals surface area contributed by atoms with E-state index in [0.29, 0.717) is 5.56 Å². The van der Waals surface area contributed by atoms with Gasteiger partial charge in [-0.1, -0.05) is 67.1 Å². The van der Waals surface area contributed by atoms with Gasteiger partial charge in [0, 0.05) is 33.9 Å². The number of carboxylic acid groups (broad SMARTS) is 1. The Morgan fingerprint density at radius 1 is 1.21 bits per heavy atom. The van der Waals surface area contributed by atoms with Crippen LogP contribution in [0.25, 0.3) is 0 Å². The number of nitrogens with zero attached hydrogens (tertiary/aromatic N) is 1. The minimum atomic E-state index is -1.17. The Labute approximate surface area is 185 Å². The molecular weight excluding hydrogens is 406 g/mol. The van der Waals surface area contributed by atoms with Gasteiger partial charge >= 0.3 is 5.97 Å². The van der Waals surface area contributed by atoms with Gasteiger partial charge in [0.25, 0.3) is 0 Å². The van der Waals surface area contributed by atoms with E-state index in [2.05, 4.69) is 0 Å². The zero-order valence-corrected chi connectivity index (χ0v) is 17.3. The molecule has 0 unspecified atom stereocenters. The van der Waals surface area contributed by atoms with E-state index in [1.807, 2.05) is 0 Å². The van der Waals surface area contributed by atoms with Crippen LogP contribution in [0.1, 0.15) is 30.6 Å². The summed E-state index contributed by atoms with van der Waals surface area (Å²) in [6.45, 7) is 1.70. The monoisotopic (exact) mass is 434 g/mol. The highest BCUT2D eigenvalue weighted by Gasteiger charge is 2.41. The highest BCUT2D eigenvalue weighted by Crippen LogP contribution is 2.34. The molecule has 29 heavy (non-hydrogen) atoms. The van der Waals surface area contributed by atoms with Crippen LogP contribution in [0.2, 0.25) is 0 Å². The highest BCUT2D eigenvalue weighted by atomic mass is 32.2. The summed E-state index contributed by atoms with van der Waals surface area (Å²) >= 11 is 1.99. The summed E-state index contributed by atoms with van der Waals surface area (Å²) in [5.41, 5.74) is 0.520. The van der Waals surface area contributed by atoms with Gasteiger partial charge in [0.05, 0.1) is 6.85 Å². The summed E-state index contributed by atoms with van der Waals surface area (Å²) in [6.07, 6.45) is 0.0801. The third kappa shape index (κ3) is 5.64. The molecule has 7 heteroatoms. The molecule has 1 saturated heterocycles. The van der Waals surface area contributed by atoms with Crippen molar-refractivity contribution < 1.29 is 26.3 Å². The van der Waals surface area contributed by atoms with Gasteiger partial charge in [0.2, 0.25) is 11.0 Å². The first kappa shape index (κ1) is 15.6. The number of amides is 1. The smallest absolute Gasteiger partial charge is 0.326 e. The molecule has 2 aromatic rings. The van der Waals surface area contributed by atoms with Crippen LogP contribution >= 0.6 is 23.5 Å². The molecule has 0 radical (unpaired) electrons. The van der Waals surface area contributed by atoms with Crippen molar-refractivity contribution >= 4 is 40.5 Å². The van der Waals surface area contributed by atoms with Crippen molar-refractivity contribution in [2.75, 3.05) is 12.3 Å². The van der Waals surface area contributed by atoms with E-state index in [1.54, 1.807) is 37.3 Å². The van der Waals surface area contributed by atoms with Gasteiger partial charge in [-0.2, -0.15) is 0 Å². The number of aliphatic carboxylic acids is 1. The number of carbonyl (C=O) groups is 3. The summed E-state index contributed by atoms with van der Waals surface area (Å²) in [5, 5.41) is 9.04. The molecule has 0 spiro atoms. The fourth-order valence-electron chi connectivity index (χ4n) is 3.04. The van der Waals surface area contributed by atoms with E-state index in [4.69, 9.17) is 6.85 Å². The topological polar surface area (TPSA) is 74.7 Å². The number of likely N-dealkylation sites (tertiary alicyclic amines) is 1. The van der Waals surface area contributed by atoms with E-state index in [-0.39, 0.29) is 40.8 Å². The Morgan fingerprint density at radius 2 is 1.90 bits per heavy atom. The van der Waals surface area contributed by atoms with Gasteiger partial charge < -0.3 is 10.0 Å². The molecule has 1 heterocycles. The number of carboxylic acids is 1. The molecule has 5 nitrogen and oxygen atoms in total. The molecule has 1 N–H and O–H groups in total. The van der Waals surface area contributed by atoms with Crippen LogP contribution in [-0.4, -0.2) is 50.6 Å². The number of hydrogen-bond donors (Lipinski definition) is 1. The van der Waals surface area contributed by atoms with Crippen LogP contribution < -0.4 is 0 Å². The largest absolute Gasteiger partial charge is 0.480 e. The van der Waals surface area contributed by atoms with Crippen molar-refractivity contribution in [2.24, 2.45) is 5.92 Å². The Kier molecular flexibility index (Phi) is 5.36. The van der Waals surface area contributed by atoms with Gasteiger partial charge in [-0.3, -0.25) is 9.59 Å². The maximum absolute atomic E-state index is 13.1. The number of carbonyl (C=O) groups excluding carboxylic acids is 2. The summed E-state index contributed by atoms with van der Waals surface area (Å²) in [4.78, 5) is 38.5. The first-order valence-electron chi connectivity index (χ1n) is 11.5. The van der Waals surface area contributed by atoms with Crippen LogP contribution in [0, 0.1) is 5.92 Å². The molecular formula is C22H23NO4S2. The van der Waals surface area contributed by atoms with Gasteiger partial charge in [-0.05, 0) is 18.5 Å². The third-order valence-corrected chi connectivity index (χ3v) is 6.77. The zero-order valence-electron chi connectivity index (χ0n) is 20.7. The van der Waals surface area contributed by atoms with Crippen LogP contribution in [0.5, 0.6) is 0 Å². The molecule has 0 saturated carbocycles. The van der Waals surface area contributed by atoms with Crippen molar-refractivity contribution in [1.29, 1.82) is 0 Å². The van der Waals surface area contributed by atoms with Gasteiger partial charge in [0.15, 0.2) is 0 Å². The Hall–Kier alpha value is -2.25. The minimum absolute atomic E-state index is 0.0338. The maximum Gasteiger partial charge on any atom is 0.326 e. The molecule has 1 aliphatic rings. The second kappa shape index (κ2) is 9.98. The lowest BCUT2D eigenvalue weighted by Crippen LogP contribution is -2.43. The first-order valence-corrected chi connectivity index (χ1v) is 10.9. The molecule has 1 fully saturated rings. The number of hydrogen-bond acceptors (Lipinski definition) is 5. The van der Waals surface area contributed by atoms with Crippen molar-refractivity contribution in [2.45, 2.75) is 29.5 Å².